The zero-order chi connectivity index (χ0) is 35.1. The van der Waals surface area contributed by atoms with Crippen LogP contribution >= 0.6 is 0 Å². The molecule has 1 aliphatic heterocycles. The predicted octanol–water partition coefficient (Wildman–Crippen LogP) is 7.88. The Labute approximate surface area is 290 Å². The lowest BCUT2D eigenvalue weighted by atomic mass is 9.32. The van der Waals surface area contributed by atoms with E-state index in [4.69, 9.17) is 4.74 Å². The molecule has 0 aromatic rings. The summed E-state index contributed by atoms with van der Waals surface area (Å²) in [5.74, 6) is 1.72. The van der Waals surface area contributed by atoms with Crippen molar-refractivity contribution in [1.82, 2.24) is 10.2 Å². The number of allylic oxidation sites excluding steroid dienone is 1. The third-order valence-corrected chi connectivity index (χ3v) is 16.6. The number of esters is 1. The fraction of sp³-hybridized carbons (Fsp3) is 0.878. The number of ether oxygens (including phenoxy) is 1. The van der Waals surface area contributed by atoms with Gasteiger partial charge < -0.3 is 20.1 Å². The van der Waals surface area contributed by atoms with Crippen molar-refractivity contribution in [1.29, 1.82) is 0 Å². The van der Waals surface area contributed by atoms with E-state index in [-0.39, 0.29) is 45.6 Å². The minimum atomic E-state index is -1.14. The van der Waals surface area contributed by atoms with Crippen LogP contribution in [0.1, 0.15) is 132 Å². The first-order valence-electron chi connectivity index (χ1n) is 19.4. The fourth-order valence-corrected chi connectivity index (χ4v) is 13.7. The molecular weight excluding hydrogens is 600 g/mol. The second-order valence-electron chi connectivity index (χ2n) is 19.6. The van der Waals surface area contributed by atoms with Crippen molar-refractivity contribution in [3.8, 4) is 0 Å². The van der Waals surface area contributed by atoms with Crippen LogP contribution in [0.15, 0.2) is 12.2 Å². The third kappa shape index (κ3) is 5.41. The van der Waals surface area contributed by atoms with Crippen LogP contribution in [0.5, 0.6) is 0 Å². The van der Waals surface area contributed by atoms with Crippen molar-refractivity contribution in [3.63, 3.8) is 0 Å². The quantitative estimate of drug-likeness (QED) is 0.212. The zero-order valence-corrected chi connectivity index (χ0v) is 31.5. The Morgan fingerprint density at radius 3 is 2.21 bits per heavy atom. The molecule has 5 aliphatic carbocycles. The van der Waals surface area contributed by atoms with Crippen LogP contribution < -0.4 is 5.32 Å². The Morgan fingerprint density at radius 2 is 1.56 bits per heavy atom. The van der Waals surface area contributed by atoms with Gasteiger partial charge in [0.1, 0.15) is 6.10 Å². The number of carboxylic acid groups (broad SMARTS) is 1. The van der Waals surface area contributed by atoms with Crippen LogP contribution in [0.4, 0.5) is 0 Å². The van der Waals surface area contributed by atoms with Gasteiger partial charge in [0.05, 0.1) is 11.8 Å². The molecule has 0 unspecified atom stereocenters. The summed E-state index contributed by atoms with van der Waals surface area (Å²) in [5.41, 5.74) is 0.683. The van der Waals surface area contributed by atoms with E-state index in [1.54, 1.807) is 13.8 Å². The van der Waals surface area contributed by atoms with Gasteiger partial charge in [0.25, 0.3) is 0 Å². The van der Waals surface area contributed by atoms with E-state index < -0.39 is 11.4 Å². The number of nitrogens with zero attached hydrogens (tertiary/aromatic N) is 1. The van der Waals surface area contributed by atoms with Gasteiger partial charge in [-0.3, -0.25) is 14.4 Å². The summed E-state index contributed by atoms with van der Waals surface area (Å²) in [6, 6.07) is 0. The Morgan fingerprint density at radius 1 is 0.875 bits per heavy atom. The number of carbonyl (C=O) groups excluding carboxylic acids is 2. The third-order valence-electron chi connectivity index (χ3n) is 16.6. The summed E-state index contributed by atoms with van der Waals surface area (Å²) in [6.45, 7) is 26.0. The number of amides is 1. The molecule has 0 radical (unpaired) electrons. The SMILES string of the molecule is C=C(C)[C@@H]1CC[C@]2(CC(=O)N3CCNCC3)CC[C@]3(C)[C@H](CC[C@@H]4[C@@]5(C)CC[C@H](OC(=O)CC(C)(C)C(=O)O)C(C)(C)[C@@H]5CC[C@]43C)[C@@H]12. The smallest absolute Gasteiger partial charge is 0.309 e. The molecule has 1 amide bonds. The molecule has 1 saturated heterocycles. The molecule has 7 heteroatoms. The lowest BCUT2D eigenvalue weighted by molar-refractivity contribution is -0.250. The van der Waals surface area contributed by atoms with Crippen molar-refractivity contribution in [3.05, 3.63) is 12.2 Å². The first-order valence-corrected chi connectivity index (χ1v) is 19.4. The van der Waals surface area contributed by atoms with E-state index in [0.29, 0.717) is 41.9 Å². The lowest BCUT2D eigenvalue weighted by Crippen LogP contribution is -2.67. The maximum atomic E-state index is 13.9. The number of carboxylic acids is 1. The number of piperazine rings is 1. The maximum Gasteiger partial charge on any atom is 0.309 e. The average Bonchev–Trinajstić information content (AvgIpc) is 3.39. The molecule has 5 saturated carbocycles. The molecule has 6 fully saturated rings. The molecule has 1 heterocycles. The first-order chi connectivity index (χ1) is 22.3. The summed E-state index contributed by atoms with van der Waals surface area (Å²) in [4.78, 5) is 40.8. The number of hydrogen-bond donors (Lipinski definition) is 2. The molecule has 270 valence electrons. The summed E-state index contributed by atoms with van der Waals surface area (Å²) in [6.07, 6.45) is 11.8. The van der Waals surface area contributed by atoms with Crippen molar-refractivity contribution in [2.24, 2.45) is 62.1 Å². The van der Waals surface area contributed by atoms with Crippen molar-refractivity contribution in [2.75, 3.05) is 26.2 Å². The first kappa shape index (κ1) is 35.9. The highest BCUT2D eigenvalue weighted by atomic mass is 16.5. The molecule has 48 heavy (non-hydrogen) atoms. The van der Waals surface area contributed by atoms with E-state index in [9.17, 15) is 19.5 Å². The molecule has 2 N–H and O–H groups in total. The predicted molar refractivity (Wildman–Crippen MR) is 189 cm³/mol. The van der Waals surface area contributed by atoms with Gasteiger partial charge >= 0.3 is 11.9 Å². The number of rotatable bonds is 7. The Balaban J connectivity index is 1.25. The number of hydrogen-bond acceptors (Lipinski definition) is 5. The number of aliphatic carboxylic acids is 1. The lowest BCUT2D eigenvalue weighted by Gasteiger charge is -2.73. The van der Waals surface area contributed by atoms with E-state index in [2.05, 4.69) is 58.3 Å². The van der Waals surface area contributed by atoms with Crippen LogP contribution in [0.2, 0.25) is 0 Å². The maximum absolute atomic E-state index is 13.9. The second kappa shape index (κ2) is 12.1. The monoisotopic (exact) mass is 666 g/mol. The number of nitrogens with one attached hydrogen (secondary N) is 1. The van der Waals surface area contributed by atoms with Crippen molar-refractivity contribution >= 4 is 17.8 Å². The Bertz CT molecular complexity index is 1320. The Kier molecular flexibility index (Phi) is 9.07. The van der Waals surface area contributed by atoms with E-state index in [1.807, 2.05) is 0 Å². The molecule has 6 rings (SSSR count). The highest BCUT2D eigenvalue weighted by Crippen LogP contribution is 2.78. The minimum absolute atomic E-state index is 0.0964. The van der Waals surface area contributed by atoms with E-state index in [0.717, 1.165) is 58.3 Å². The van der Waals surface area contributed by atoms with Crippen LogP contribution in [0.25, 0.3) is 0 Å². The molecule has 0 aromatic heterocycles. The van der Waals surface area contributed by atoms with Gasteiger partial charge in [-0.2, -0.15) is 0 Å². The normalized spacial score (nSPS) is 43.6. The van der Waals surface area contributed by atoms with Crippen LogP contribution in [0.3, 0.4) is 0 Å². The van der Waals surface area contributed by atoms with Gasteiger partial charge in [-0.25, -0.2) is 0 Å². The topological polar surface area (TPSA) is 95.9 Å². The highest BCUT2D eigenvalue weighted by Gasteiger charge is 2.71. The molecule has 7 nitrogen and oxygen atoms in total. The zero-order valence-electron chi connectivity index (χ0n) is 31.5. The number of fused-ring (bicyclic) bond motifs is 7. The summed E-state index contributed by atoms with van der Waals surface area (Å²) >= 11 is 0. The standard InChI is InChI=1S/C41H66N2O5/c1-26(2)27-12-17-41(24-32(44)43-22-20-42-21-23-43)19-18-39(8)28(34(27)41)10-11-30-38(7)15-14-31(48-33(45)25-36(3,4)35(46)47)37(5,6)29(38)13-16-40(30,39)9/h27-31,34,42H,1,10-25H2,2-9H3,(H,46,47)/t27-,28+,29-,30+,31-,34+,38-,39+,40+,41+/m0/s1. The molecule has 0 spiro atoms. The van der Waals surface area contributed by atoms with Gasteiger partial charge in [0, 0.05) is 38.0 Å². The summed E-state index contributed by atoms with van der Waals surface area (Å²) in [5, 5.41) is 13.0. The van der Waals surface area contributed by atoms with Gasteiger partial charge in [-0.1, -0.05) is 46.8 Å². The molecular formula is C41H66N2O5. The van der Waals surface area contributed by atoms with E-state index >= 15 is 0 Å². The van der Waals surface area contributed by atoms with E-state index in [1.165, 1.54) is 37.7 Å². The number of carbonyl (C=O) groups is 3. The largest absolute Gasteiger partial charge is 0.481 e. The molecule has 6 aliphatic rings. The second-order valence-corrected chi connectivity index (χ2v) is 19.6. The summed E-state index contributed by atoms with van der Waals surface area (Å²) in [7, 11) is 0. The fourth-order valence-electron chi connectivity index (χ4n) is 13.7. The van der Waals surface area contributed by atoms with Crippen LogP contribution in [-0.2, 0) is 19.1 Å². The van der Waals surface area contributed by atoms with Crippen molar-refractivity contribution in [2.45, 2.75) is 139 Å². The average molecular weight is 667 g/mol. The van der Waals surface area contributed by atoms with Gasteiger partial charge in [0.15, 0.2) is 0 Å². The summed E-state index contributed by atoms with van der Waals surface area (Å²) < 4.78 is 6.18. The Hall–Kier alpha value is -1.89. The molecule has 0 bridgehead atoms. The molecule has 0 aromatic carbocycles. The highest BCUT2D eigenvalue weighted by molar-refractivity contribution is 5.81. The van der Waals surface area contributed by atoms with Crippen LogP contribution in [-0.4, -0.2) is 60.1 Å². The van der Waals surface area contributed by atoms with Crippen LogP contribution in [0, 0.1) is 62.1 Å². The minimum Gasteiger partial charge on any atom is -0.481 e. The van der Waals surface area contributed by atoms with Crippen molar-refractivity contribution < 1.29 is 24.2 Å². The van der Waals surface area contributed by atoms with Gasteiger partial charge in [0.2, 0.25) is 5.91 Å². The van der Waals surface area contributed by atoms with Gasteiger partial charge in [-0.15, -0.1) is 0 Å². The molecule has 10 atom stereocenters. The van der Waals surface area contributed by atoms with Gasteiger partial charge in [-0.05, 0) is 136 Å².